The van der Waals surface area contributed by atoms with Crippen LogP contribution in [-0.4, -0.2) is 48.6 Å². The van der Waals surface area contributed by atoms with Crippen LogP contribution in [0, 0.1) is 0 Å². The van der Waals surface area contributed by atoms with Gasteiger partial charge >= 0.3 is 0 Å². The Hall–Kier alpha value is -2.70. The summed E-state index contributed by atoms with van der Waals surface area (Å²) in [7, 11) is 0. The van der Waals surface area contributed by atoms with E-state index in [1.807, 2.05) is 33.7 Å². The third-order valence-corrected chi connectivity index (χ3v) is 4.43. The minimum Gasteiger partial charge on any atom is -0.342 e. The zero-order valence-corrected chi connectivity index (χ0v) is 12.7. The van der Waals surface area contributed by atoms with Crippen LogP contribution in [0.15, 0.2) is 36.9 Å². The fourth-order valence-electron chi connectivity index (χ4n) is 3.16. The van der Waals surface area contributed by atoms with Crippen molar-refractivity contribution >= 4 is 16.9 Å². The number of para-hydroxylation sites is 2. The lowest BCUT2D eigenvalue weighted by molar-refractivity contribution is -0.131. The summed E-state index contributed by atoms with van der Waals surface area (Å²) in [5.74, 6) is 0.864. The maximum Gasteiger partial charge on any atom is 0.230 e. The van der Waals surface area contributed by atoms with Crippen LogP contribution in [0.25, 0.3) is 11.0 Å². The van der Waals surface area contributed by atoms with Gasteiger partial charge in [-0.25, -0.2) is 4.98 Å². The van der Waals surface area contributed by atoms with Crippen LogP contribution in [0.1, 0.15) is 24.7 Å². The highest BCUT2D eigenvalue weighted by Gasteiger charge is 2.24. The van der Waals surface area contributed by atoms with E-state index in [4.69, 9.17) is 0 Å². The lowest BCUT2D eigenvalue weighted by Crippen LogP contribution is -2.39. The number of carbonyl (C=O) groups is 1. The van der Waals surface area contributed by atoms with Crippen molar-refractivity contribution in [3.63, 3.8) is 0 Å². The molecule has 118 valence electrons. The number of likely N-dealkylation sites (tertiary alicyclic amines) is 1. The molecule has 1 aliphatic heterocycles. The van der Waals surface area contributed by atoms with E-state index >= 15 is 0 Å². The Bertz CT molecular complexity index is 768. The van der Waals surface area contributed by atoms with Crippen LogP contribution in [-0.2, 0) is 11.2 Å². The molecule has 1 aliphatic rings. The van der Waals surface area contributed by atoms with Crippen molar-refractivity contribution in [2.75, 3.05) is 13.1 Å². The number of carbonyl (C=O) groups excluding carboxylic acids is 1. The summed E-state index contributed by atoms with van der Waals surface area (Å²) in [5, 5.41) is 7.70. The number of amides is 1. The quantitative estimate of drug-likeness (QED) is 0.796. The van der Waals surface area contributed by atoms with Crippen molar-refractivity contribution in [3.8, 4) is 0 Å². The Labute approximate surface area is 133 Å². The Kier molecular flexibility index (Phi) is 3.53. The fraction of sp³-hybridized carbons (Fsp3) is 0.375. The van der Waals surface area contributed by atoms with E-state index in [1.165, 1.54) is 0 Å². The molecule has 7 nitrogen and oxygen atoms in total. The van der Waals surface area contributed by atoms with Crippen LogP contribution in [0.5, 0.6) is 0 Å². The number of imidazole rings is 1. The van der Waals surface area contributed by atoms with Gasteiger partial charge in [-0.2, -0.15) is 0 Å². The van der Waals surface area contributed by atoms with Crippen LogP contribution in [0.3, 0.4) is 0 Å². The van der Waals surface area contributed by atoms with Crippen LogP contribution >= 0.6 is 0 Å². The number of rotatable bonds is 3. The second kappa shape index (κ2) is 5.83. The molecule has 0 atom stereocenters. The normalized spacial score (nSPS) is 16.1. The number of hydrogen-bond acceptors (Lipinski definition) is 4. The van der Waals surface area contributed by atoms with Gasteiger partial charge in [0, 0.05) is 19.1 Å². The molecule has 0 spiro atoms. The van der Waals surface area contributed by atoms with Crippen molar-refractivity contribution in [2.45, 2.75) is 25.3 Å². The monoisotopic (exact) mass is 310 g/mol. The van der Waals surface area contributed by atoms with E-state index in [1.54, 1.807) is 12.7 Å². The van der Waals surface area contributed by atoms with Gasteiger partial charge in [0.1, 0.15) is 18.5 Å². The molecule has 1 N–H and O–H groups in total. The average molecular weight is 310 g/mol. The van der Waals surface area contributed by atoms with Gasteiger partial charge in [-0.15, -0.1) is 10.2 Å². The Morgan fingerprint density at radius 1 is 1.17 bits per heavy atom. The number of nitrogens with one attached hydrogen (secondary N) is 1. The molecule has 23 heavy (non-hydrogen) atoms. The van der Waals surface area contributed by atoms with Crippen molar-refractivity contribution in [1.29, 1.82) is 0 Å². The van der Waals surface area contributed by atoms with Crippen molar-refractivity contribution < 1.29 is 4.79 Å². The smallest absolute Gasteiger partial charge is 0.230 e. The molecular weight excluding hydrogens is 292 g/mol. The summed E-state index contributed by atoms with van der Waals surface area (Å²) >= 11 is 0. The largest absolute Gasteiger partial charge is 0.342 e. The topological polar surface area (TPSA) is 79.7 Å². The first kappa shape index (κ1) is 13.9. The first-order chi connectivity index (χ1) is 11.3. The molecule has 1 saturated heterocycles. The molecule has 0 saturated carbocycles. The van der Waals surface area contributed by atoms with E-state index in [0.717, 1.165) is 42.8 Å². The Morgan fingerprint density at radius 3 is 2.65 bits per heavy atom. The number of aromatic amines is 1. The number of H-pyrrole nitrogens is 1. The summed E-state index contributed by atoms with van der Waals surface area (Å²) in [4.78, 5) is 22.1. The molecule has 1 fully saturated rings. The number of fused-ring (bicyclic) bond motifs is 1. The maximum absolute atomic E-state index is 12.5. The molecule has 0 bridgehead atoms. The predicted octanol–water partition coefficient (Wildman–Crippen LogP) is 1.56. The molecule has 0 unspecified atom stereocenters. The van der Waals surface area contributed by atoms with Gasteiger partial charge < -0.3 is 14.5 Å². The number of aromatic nitrogens is 5. The molecular formula is C16H18N6O. The van der Waals surface area contributed by atoms with E-state index in [2.05, 4.69) is 20.2 Å². The molecule has 0 radical (unpaired) electrons. The Balaban J connectivity index is 1.38. The predicted molar refractivity (Wildman–Crippen MR) is 84.7 cm³/mol. The highest BCUT2D eigenvalue weighted by atomic mass is 16.2. The van der Waals surface area contributed by atoms with Crippen molar-refractivity contribution in [2.24, 2.45) is 0 Å². The summed E-state index contributed by atoms with van der Waals surface area (Å²) in [5.41, 5.74) is 1.88. The molecule has 7 heteroatoms. The molecule has 0 aliphatic carbocycles. The van der Waals surface area contributed by atoms with Gasteiger partial charge in [0.05, 0.1) is 17.5 Å². The molecule has 4 rings (SSSR count). The lowest BCUT2D eigenvalue weighted by Gasteiger charge is -2.32. The van der Waals surface area contributed by atoms with E-state index in [-0.39, 0.29) is 5.91 Å². The third kappa shape index (κ3) is 2.81. The zero-order valence-electron chi connectivity index (χ0n) is 12.7. The lowest BCUT2D eigenvalue weighted by atomic mass is 10.0. The molecule has 3 aromatic rings. The molecule has 1 amide bonds. The van der Waals surface area contributed by atoms with Gasteiger partial charge in [-0.3, -0.25) is 4.79 Å². The number of benzene rings is 1. The van der Waals surface area contributed by atoms with Crippen LogP contribution in [0.4, 0.5) is 0 Å². The molecule has 3 heterocycles. The summed E-state index contributed by atoms with van der Waals surface area (Å²) < 4.78 is 2.03. The fourth-order valence-corrected chi connectivity index (χ4v) is 3.16. The Morgan fingerprint density at radius 2 is 1.91 bits per heavy atom. The third-order valence-electron chi connectivity index (χ3n) is 4.43. The average Bonchev–Trinajstić information content (AvgIpc) is 3.24. The number of nitrogens with zero attached hydrogens (tertiary/aromatic N) is 5. The van der Waals surface area contributed by atoms with Gasteiger partial charge in [0.15, 0.2) is 0 Å². The van der Waals surface area contributed by atoms with Gasteiger partial charge in [0.2, 0.25) is 5.91 Å². The first-order valence-electron chi connectivity index (χ1n) is 7.85. The van der Waals surface area contributed by atoms with E-state index < -0.39 is 0 Å². The minimum absolute atomic E-state index is 0.131. The number of hydrogen-bond donors (Lipinski definition) is 1. The zero-order chi connectivity index (χ0) is 15.6. The minimum atomic E-state index is 0.131. The van der Waals surface area contributed by atoms with E-state index in [0.29, 0.717) is 12.5 Å². The van der Waals surface area contributed by atoms with Gasteiger partial charge in [-0.1, -0.05) is 12.1 Å². The highest BCUT2D eigenvalue weighted by molar-refractivity contribution is 5.80. The first-order valence-corrected chi connectivity index (χ1v) is 7.85. The summed E-state index contributed by atoms with van der Waals surface area (Å²) in [6.07, 6.45) is 5.69. The standard InChI is InChI=1S/C16H18N6O/c23-16(9-15-19-13-3-1-2-4-14(13)20-15)21-7-5-12(6-8-21)22-10-17-18-11-22/h1-4,10-12H,5-9H2,(H,19,20). The van der Waals surface area contributed by atoms with Crippen molar-refractivity contribution in [1.82, 2.24) is 29.6 Å². The number of piperidine rings is 1. The van der Waals surface area contributed by atoms with Crippen molar-refractivity contribution in [3.05, 3.63) is 42.7 Å². The molecule has 2 aromatic heterocycles. The SMILES string of the molecule is O=C(Cc1nc2ccccc2[nH]1)N1CCC(n2cnnc2)CC1. The summed E-state index contributed by atoms with van der Waals surface area (Å²) in [6, 6.07) is 8.22. The van der Waals surface area contributed by atoms with Crippen LogP contribution < -0.4 is 0 Å². The van der Waals surface area contributed by atoms with Gasteiger partial charge in [-0.05, 0) is 25.0 Å². The van der Waals surface area contributed by atoms with E-state index in [9.17, 15) is 4.79 Å². The maximum atomic E-state index is 12.5. The molecule has 1 aromatic carbocycles. The summed E-state index contributed by atoms with van der Waals surface area (Å²) in [6.45, 7) is 1.53. The second-order valence-corrected chi connectivity index (χ2v) is 5.90. The van der Waals surface area contributed by atoms with Gasteiger partial charge in [0.25, 0.3) is 0 Å². The second-order valence-electron chi connectivity index (χ2n) is 5.90. The highest BCUT2D eigenvalue weighted by Crippen LogP contribution is 2.22. The van der Waals surface area contributed by atoms with Crippen LogP contribution in [0.2, 0.25) is 0 Å².